The Balaban J connectivity index is 1.33. The summed E-state index contributed by atoms with van der Waals surface area (Å²) in [5.74, 6) is 1.23. The van der Waals surface area contributed by atoms with Gasteiger partial charge in [0, 0.05) is 44.2 Å². The minimum Gasteiger partial charge on any atom is -0.483 e. The number of hydrogen-bond acceptors (Lipinski definition) is 6. The Labute approximate surface area is 177 Å². The third-order valence-corrected chi connectivity index (χ3v) is 5.31. The van der Waals surface area contributed by atoms with Crippen LogP contribution in [0.15, 0.2) is 30.6 Å². The number of alkyl halides is 3. The molecule has 0 unspecified atom stereocenters. The molecule has 166 valence electrons. The molecule has 2 aliphatic rings. The number of piperazine rings is 1. The van der Waals surface area contributed by atoms with Crippen LogP contribution in [-0.2, 0) is 17.4 Å². The Morgan fingerprint density at radius 1 is 1.19 bits per heavy atom. The first-order chi connectivity index (χ1) is 14.6. The van der Waals surface area contributed by atoms with E-state index in [9.17, 15) is 18.0 Å². The summed E-state index contributed by atoms with van der Waals surface area (Å²) < 4.78 is 50.3. The number of hydrogen-bond donors (Lipinski definition) is 0. The first-order valence-corrected chi connectivity index (χ1v) is 9.98. The number of para-hydroxylation sites is 1. The van der Waals surface area contributed by atoms with Crippen molar-refractivity contribution in [2.24, 2.45) is 0 Å². The van der Waals surface area contributed by atoms with Gasteiger partial charge in [-0.2, -0.15) is 13.2 Å². The van der Waals surface area contributed by atoms with Crippen LogP contribution in [0.5, 0.6) is 11.5 Å². The third kappa shape index (κ3) is 4.67. The van der Waals surface area contributed by atoms with E-state index < -0.39 is 11.9 Å². The molecule has 0 radical (unpaired) electrons. The van der Waals surface area contributed by atoms with E-state index in [1.807, 2.05) is 26.0 Å². The zero-order valence-corrected chi connectivity index (χ0v) is 17.3. The van der Waals surface area contributed by atoms with Crippen LogP contribution in [0.4, 0.5) is 19.0 Å². The zero-order chi connectivity index (χ0) is 22.2. The number of carbonyl (C=O) groups is 1. The van der Waals surface area contributed by atoms with Crippen molar-refractivity contribution in [1.29, 1.82) is 0 Å². The highest BCUT2D eigenvalue weighted by Gasteiger charge is 2.34. The molecule has 0 bridgehead atoms. The SMILES string of the molecule is CC1(C)Cc2cccc(OCC(=O)N3CCN(c4cc(C(F)(F)F)ncn4)CC3)c2O1. The molecule has 1 aromatic heterocycles. The number of rotatable bonds is 4. The van der Waals surface area contributed by atoms with E-state index >= 15 is 0 Å². The Bertz CT molecular complexity index is 973. The molecule has 3 heterocycles. The number of carbonyl (C=O) groups excluding carboxylic acids is 1. The van der Waals surface area contributed by atoms with E-state index in [1.165, 1.54) is 0 Å². The number of fused-ring (bicyclic) bond motifs is 1. The summed E-state index contributed by atoms with van der Waals surface area (Å²) in [5.41, 5.74) is -0.244. The lowest BCUT2D eigenvalue weighted by Crippen LogP contribution is -2.50. The van der Waals surface area contributed by atoms with Gasteiger partial charge in [0.2, 0.25) is 0 Å². The Morgan fingerprint density at radius 3 is 2.65 bits per heavy atom. The van der Waals surface area contributed by atoms with E-state index in [0.717, 1.165) is 24.4 Å². The first-order valence-electron chi connectivity index (χ1n) is 9.98. The lowest BCUT2D eigenvalue weighted by Gasteiger charge is -2.35. The van der Waals surface area contributed by atoms with Gasteiger partial charge < -0.3 is 19.3 Å². The summed E-state index contributed by atoms with van der Waals surface area (Å²) in [6.45, 7) is 5.34. The molecule has 0 saturated carbocycles. The molecule has 0 N–H and O–H groups in total. The van der Waals surface area contributed by atoms with Crippen LogP contribution in [0.25, 0.3) is 0 Å². The van der Waals surface area contributed by atoms with Crippen molar-refractivity contribution in [2.75, 3.05) is 37.7 Å². The van der Waals surface area contributed by atoms with Crippen LogP contribution < -0.4 is 14.4 Å². The summed E-state index contributed by atoms with van der Waals surface area (Å²) in [5, 5.41) is 0. The second-order valence-corrected chi connectivity index (χ2v) is 8.20. The fraction of sp³-hybridized carbons (Fsp3) is 0.476. The maximum Gasteiger partial charge on any atom is 0.433 e. The van der Waals surface area contributed by atoms with Gasteiger partial charge >= 0.3 is 6.18 Å². The molecule has 31 heavy (non-hydrogen) atoms. The standard InChI is InChI=1S/C21H23F3N4O3/c1-20(2)11-14-4-3-5-15(19(14)31-20)30-12-18(29)28-8-6-27(7-9-28)17-10-16(21(22,23)24)25-13-26-17/h3-5,10,13H,6-9,11-12H2,1-2H3. The molecule has 0 atom stereocenters. The highest BCUT2D eigenvalue weighted by molar-refractivity contribution is 5.78. The Morgan fingerprint density at radius 2 is 1.94 bits per heavy atom. The summed E-state index contributed by atoms with van der Waals surface area (Å²) in [4.78, 5) is 23.2. The number of benzene rings is 1. The van der Waals surface area contributed by atoms with Crippen LogP contribution in [-0.4, -0.2) is 59.2 Å². The average Bonchev–Trinajstić information content (AvgIpc) is 3.06. The molecule has 7 nitrogen and oxygen atoms in total. The van der Waals surface area contributed by atoms with Crippen LogP contribution >= 0.6 is 0 Å². The molecular formula is C21H23F3N4O3. The van der Waals surface area contributed by atoms with Crippen molar-refractivity contribution in [1.82, 2.24) is 14.9 Å². The lowest BCUT2D eigenvalue weighted by atomic mass is 10.0. The summed E-state index contributed by atoms with van der Waals surface area (Å²) in [7, 11) is 0. The fourth-order valence-electron chi connectivity index (χ4n) is 3.79. The average molecular weight is 436 g/mol. The molecule has 1 amide bonds. The van der Waals surface area contributed by atoms with Crippen molar-refractivity contribution in [3.63, 3.8) is 0 Å². The minimum atomic E-state index is -4.52. The third-order valence-electron chi connectivity index (χ3n) is 5.31. The first kappa shape index (κ1) is 21.2. The summed E-state index contributed by atoms with van der Waals surface area (Å²) in [6.07, 6.45) is -2.84. The predicted octanol–water partition coefficient (Wildman–Crippen LogP) is 2.94. The van der Waals surface area contributed by atoms with Gasteiger partial charge in [0.25, 0.3) is 5.91 Å². The minimum absolute atomic E-state index is 0.133. The van der Waals surface area contributed by atoms with Crippen molar-refractivity contribution >= 4 is 11.7 Å². The monoisotopic (exact) mass is 436 g/mol. The quantitative estimate of drug-likeness (QED) is 0.734. The van der Waals surface area contributed by atoms with E-state index in [1.54, 1.807) is 15.9 Å². The maximum atomic E-state index is 12.9. The van der Waals surface area contributed by atoms with E-state index in [4.69, 9.17) is 9.47 Å². The van der Waals surface area contributed by atoms with Gasteiger partial charge in [0.1, 0.15) is 23.4 Å². The van der Waals surface area contributed by atoms with Gasteiger partial charge in [0.15, 0.2) is 18.1 Å². The second kappa shape index (κ2) is 7.90. The zero-order valence-electron chi connectivity index (χ0n) is 17.3. The molecule has 1 saturated heterocycles. The summed E-state index contributed by atoms with van der Waals surface area (Å²) in [6, 6.07) is 6.56. The van der Waals surface area contributed by atoms with Crippen molar-refractivity contribution in [3.05, 3.63) is 41.9 Å². The van der Waals surface area contributed by atoms with Crippen LogP contribution in [0.1, 0.15) is 25.1 Å². The van der Waals surface area contributed by atoms with E-state index in [2.05, 4.69) is 9.97 Å². The van der Waals surface area contributed by atoms with E-state index in [0.29, 0.717) is 37.7 Å². The topological polar surface area (TPSA) is 67.8 Å². The number of ether oxygens (including phenoxy) is 2. The number of anilines is 1. The summed E-state index contributed by atoms with van der Waals surface area (Å²) >= 11 is 0. The molecule has 1 aromatic carbocycles. The van der Waals surface area contributed by atoms with Gasteiger partial charge in [-0.1, -0.05) is 12.1 Å². The molecule has 4 rings (SSSR count). The fourth-order valence-corrected chi connectivity index (χ4v) is 3.79. The second-order valence-electron chi connectivity index (χ2n) is 8.20. The predicted molar refractivity (Wildman–Crippen MR) is 106 cm³/mol. The van der Waals surface area contributed by atoms with Gasteiger partial charge in [0.05, 0.1) is 0 Å². The van der Waals surface area contributed by atoms with Crippen LogP contribution in [0, 0.1) is 0 Å². The Hall–Kier alpha value is -3.04. The maximum absolute atomic E-state index is 12.9. The molecule has 1 fully saturated rings. The molecule has 0 aliphatic carbocycles. The number of aromatic nitrogens is 2. The molecule has 2 aliphatic heterocycles. The van der Waals surface area contributed by atoms with Gasteiger partial charge in [-0.3, -0.25) is 4.79 Å². The van der Waals surface area contributed by atoms with Gasteiger partial charge in [-0.05, 0) is 19.9 Å². The molecule has 10 heteroatoms. The molecule has 2 aromatic rings. The highest BCUT2D eigenvalue weighted by atomic mass is 19.4. The number of amides is 1. The molecular weight excluding hydrogens is 413 g/mol. The van der Waals surface area contributed by atoms with Crippen LogP contribution in [0.3, 0.4) is 0 Å². The van der Waals surface area contributed by atoms with E-state index in [-0.39, 0.29) is 23.9 Å². The van der Waals surface area contributed by atoms with Gasteiger partial charge in [-0.25, -0.2) is 9.97 Å². The molecule has 0 spiro atoms. The largest absolute Gasteiger partial charge is 0.483 e. The van der Waals surface area contributed by atoms with Crippen molar-refractivity contribution in [3.8, 4) is 11.5 Å². The highest BCUT2D eigenvalue weighted by Crippen LogP contribution is 2.41. The van der Waals surface area contributed by atoms with Crippen molar-refractivity contribution in [2.45, 2.75) is 32.0 Å². The normalized spacial score (nSPS) is 17.8. The van der Waals surface area contributed by atoms with Crippen molar-refractivity contribution < 1.29 is 27.4 Å². The van der Waals surface area contributed by atoms with Gasteiger partial charge in [-0.15, -0.1) is 0 Å². The van der Waals surface area contributed by atoms with Crippen LogP contribution in [0.2, 0.25) is 0 Å². The lowest BCUT2D eigenvalue weighted by molar-refractivity contribution is -0.141. The Kier molecular flexibility index (Phi) is 5.40. The smallest absolute Gasteiger partial charge is 0.433 e. The number of nitrogens with zero attached hydrogens (tertiary/aromatic N) is 4. The number of halogens is 3.